The summed E-state index contributed by atoms with van der Waals surface area (Å²) < 4.78 is 0. The molecule has 0 rings (SSSR count). The summed E-state index contributed by atoms with van der Waals surface area (Å²) in [5.74, 6) is 0.825. The molecule has 0 aromatic carbocycles. The van der Waals surface area contributed by atoms with Gasteiger partial charge in [0, 0.05) is 13.1 Å². The van der Waals surface area contributed by atoms with Gasteiger partial charge >= 0.3 is 0 Å². The Morgan fingerprint density at radius 1 is 1.05 bits per heavy atom. The number of nitrogens with zero attached hydrogens (tertiary/aromatic N) is 2. The van der Waals surface area contributed by atoms with Crippen molar-refractivity contribution in [1.29, 1.82) is 0 Å². The van der Waals surface area contributed by atoms with Gasteiger partial charge in [0.2, 0.25) is 5.91 Å². The fourth-order valence-corrected chi connectivity index (χ4v) is 2.43. The SMILES string of the molecule is CC(C)C[C@@H](C(=O)N(C)[C@H](CO)C(C)C)N(C)C(C)C. The van der Waals surface area contributed by atoms with Gasteiger partial charge in [-0.3, -0.25) is 9.69 Å². The minimum absolute atomic E-state index is 0.0136. The molecule has 0 radical (unpaired) electrons. The summed E-state index contributed by atoms with van der Waals surface area (Å²) in [6.07, 6.45) is 0.841. The normalized spacial score (nSPS) is 15.2. The Kier molecular flexibility index (Phi) is 8.36. The van der Waals surface area contributed by atoms with Crippen LogP contribution in [-0.4, -0.2) is 59.6 Å². The Morgan fingerprint density at radius 3 is 1.85 bits per heavy atom. The van der Waals surface area contributed by atoms with Crippen LogP contribution < -0.4 is 0 Å². The summed E-state index contributed by atoms with van der Waals surface area (Å²) in [6, 6.07) is 0.0910. The smallest absolute Gasteiger partial charge is 0.240 e. The summed E-state index contributed by atoms with van der Waals surface area (Å²) >= 11 is 0. The third kappa shape index (κ3) is 5.41. The van der Waals surface area contributed by atoms with Crippen LogP contribution in [0.1, 0.15) is 48.0 Å². The molecule has 0 aliphatic heterocycles. The largest absolute Gasteiger partial charge is 0.394 e. The lowest BCUT2D eigenvalue weighted by Gasteiger charge is -2.37. The lowest BCUT2D eigenvalue weighted by molar-refractivity contribution is -0.140. The van der Waals surface area contributed by atoms with Gasteiger partial charge in [-0.05, 0) is 39.2 Å². The van der Waals surface area contributed by atoms with Gasteiger partial charge in [-0.2, -0.15) is 0 Å². The molecule has 4 heteroatoms. The second-order valence-corrected chi connectivity index (χ2v) is 6.85. The highest BCUT2D eigenvalue weighted by atomic mass is 16.3. The van der Waals surface area contributed by atoms with Crippen molar-refractivity contribution < 1.29 is 9.90 Å². The van der Waals surface area contributed by atoms with Gasteiger partial charge in [-0.25, -0.2) is 0 Å². The quantitative estimate of drug-likeness (QED) is 0.744. The number of carbonyl (C=O) groups excluding carboxylic acids is 1. The number of likely N-dealkylation sites (N-methyl/N-ethyl adjacent to an activating group) is 2. The Bertz CT molecular complexity index is 290. The first-order chi connectivity index (χ1) is 9.13. The predicted molar refractivity (Wildman–Crippen MR) is 84.6 cm³/mol. The monoisotopic (exact) mass is 286 g/mol. The fourth-order valence-electron chi connectivity index (χ4n) is 2.43. The molecule has 4 nitrogen and oxygen atoms in total. The molecule has 0 aromatic heterocycles. The van der Waals surface area contributed by atoms with E-state index in [-0.39, 0.29) is 30.5 Å². The first-order valence-corrected chi connectivity index (χ1v) is 7.72. The van der Waals surface area contributed by atoms with Crippen molar-refractivity contribution in [3.05, 3.63) is 0 Å². The summed E-state index contributed by atoms with van der Waals surface area (Å²) in [5, 5.41) is 9.52. The lowest BCUT2D eigenvalue weighted by Crippen LogP contribution is -2.53. The van der Waals surface area contributed by atoms with E-state index in [1.54, 1.807) is 4.90 Å². The highest BCUT2D eigenvalue weighted by Crippen LogP contribution is 2.18. The van der Waals surface area contributed by atoms with Crippen LogP contribution in [0.4, 0.5) is 0 Å². The number of hydrogen-bond donors (Lipinski definition) is 1. The first kappa shape index (κ1) is 19.4. The van der Waals surface area contributed by atoms with Crippen LogP contribution in [-0.2, 0) is 4.79 Å². The number of hydrogen-bond acceptors (Lipinski definition) is 3. The molecule has 0 aliphatic rings. The Hall–Kier alpha value is -0.610. The van der Waals surface area contributed by atoms with Gasteiger partial charge in [-0.15, -0.1) is 0 Å². The molecule has 1 amide bonds. The molecule has 120 valence electrons. The fraction of sp³-hybridized carbons (Fsp3) is 0.938. The van der Waals surface area contributed by atoms with Crippen molar-refractivity contribution in [1.82, 2.24) is 9.80 Å². The van der Waals surface area contributed by atoms with Crippen molar-refractivity contribution in [3.63, 3.8) is 0 Å². The van der Waals surface area contributed by atoms with E-state index in [2.05, 4.69) is 32.6 Å². The highest BCUT2D eigenvalue weighted by molar-refractivity contribution is 5.82. The summed E-state index contributed by atoms with van der Waals surface area (Å²) in [6.45, 7) is 12.6. The number of carbonyl (C=O) groups is 1. The van der Waals surface area contributed by atoms with Crippen LogP contribution in [0.15, 0.2) is 0 Å². The predicted octanol–water partition coefficient (Wildman–Crippen LogP) is 2.22. The summed E-state index contributed by atoms with van der Waals surface area (Å²) in [7, 11) is 3.82. The second kappa shape index (κ2) is 8.63. The molecule has 2 atom stereocenters. The zero-order chi connectivity index (χ0) is 16.0. The molecule has 0 bridgehead atoms. The molecular weight excluding hydrogens is 252 g/mol. The molecule has 0 aliphatic carbocycles. The molecule has 0 aromatic rings. The van der Waals surface area contributed by atoms with Gasteiger partial charge in [0.15, 0.2) is 0 Å². The Labute approximate surface area is 125 Å². The molecule has 0 fully saturated rings. The van der Waals surface area contributed by atoms with Gasteiger partial charge < -0.3 is 10.0 Å². The minimum atomic E-state index is -0.118. The van der Waals surface area contributed by atoms with Gasteiger partial charge in [0.05, 0.1) is 18.7 Å². The standard InChI is InChI=1S/C16H34N2O2/c1-11(2)9-14(17(7)13(5)6)16(20)18(8)15(10-19)12(3)4/h11-15,19H,9-10H2,1-8H3/t14-,15+/m0/s1. The highest BCUT2D eigenvalue weighted by Gasteiger charge is 2.32. The zero-order valence-electron chi connectivity index (χ0n) is 14.6. The maximum Gasteiger partial charge on any atom is 0.240 e. The third-order valence-electron chi connectivity index (χ3n) is 4.09. The molecule has 0 unspecified atom stereocenters. The van der Waals surface area contributed by atoms with Crippen LogP contribution in [0, 0.1) is 11.8 Å². The molecule has 0 saturated carbocycles. The van der Waals surface area contributed by atoms with Crippen molar-refractivity contribution >= 4 is 5.91 Å². The number of rotatable bonds is 8. The zero-order valence-corrected chi connectivity index (χ0v) is 14.6. The molecule has 0 heterocycles. The van der Waals surface area contributed by atoms with Crippen LogP contribution in [0.25, 0.3) is 0 Å². The lowest BCUT2D eigenvalue weighted by atomic mass is 9.98. The van der Waals surface area contributed by atoms with E-state index >= 15 is 0 Å². The molecule has 1 N–H and O–H groups in total. The van der Waals surface area contributed by atoms with E-state index in [0.29, 0.717) is 12.0 Å². The number of amides is 1. The number of aliphatic hydroxyl groups excluding tert-OH is 1. The van der Waals surface area contributed by atoms with Crippen molar-refractivity contribution in [2.45, 2.75) is 66.1 Å². The average molecular weight is 286 g/mol. The van der Waals surface area contributed by atoms with Crippen LogP contribution in [0.3, 0.4) is 0 Å². The van der Waals surface area contributed by atoms with E-state index < -0.39 is 0 Å². The topological polar surface area (TPSA) is 43.8 Å². The molecular formula is C16H34N2O2. The molecule has 0 spiro atoms. The maximum absolute atomic E-state index is 12.8. The van der Waals surface area contributed by atoms with E-state index in [4.69, 9.17) is 0 Å². The first-order valence-electron chi connectivity index (χ1n) is 7.72. The minimum Gasteiger partial charge on any atom is -0.394 e. The summed E-state index contributed by atoms with van der Waals surface area (Å²) in [5.41, 5.74) is 0. The maximum atomic E-state index is 12.8. The average Bonchev–Trinajstić information content (AvgIpc) is 2.34. The Balaban J connectivity index is 5.11. The van der Waals surface area contributed by atoms with E-state index in [9.17, 15) is 9.90 Å². The van der Waals surface area contributed by atoms with Crippen LogP contribution in [0.2, 0.25) is 0 Å². The second-order valence-electron chi connectivity index (χ2n) is 6.85. The van der Waals surface area contributed by atoms with Gasteiger partial charge in [-0.1, -0.05) is 27.7 Å². The van der Waals surface area contributed by atoms with Gasteiger partial charge in [0.25, 0.3) is 0 Å². The van der Waals surface area contributed by atoms with Gasteiger partial charge in [0.1, 0.15) is 0 Å². The van der Waals surface area contributed by atoms with E-state index in [0.717, 1.165) is 6.42 Å². The van der Waals surface area contributed by atoms with Crippen molar-refractivity contribution in [2.75, 3.05) is 20.7 Å². The molecule has 0 saturated heterocycles. The van der Waals surface area contributed by atoms with Crippen LogP contribution >= 0.6 is 0 Å². The van der Waals surface area contributed by atoms with Crippen molar-refractivity contribution in [3.8, 4) is 0 Å². The van der Waals surface area contributed by atoms with Crippen LogP contribution in [0.5, 0.6) is 0 Å². The third-order valence-corrected chi connectivity index (χ3v) is 4.09. The number of aliphatic hydroxyl groups is 1. The van der Waals surface area contributed by atoms with E-state index in [1.165, 1.54) is 0 Å². The molecule has 20 heavy (non-hydrogen) atoms. The van der Waals surface area contributed by atoms with Crippen molar-refractivity contribution in [2.24, 2.45) is 11.8 Å². The summed E-state index contributed by atoms with van der Waals surface area (Å²) in [4.78, 5) is 16.7. The van der Waals surface area contributed by atoms with E-state index in [1.807, 2.05) is 27.9 Å². The Morgan fingerprint density at radius 2 is 1.55 bits per heavy atom.